The molecule has 3 aromatic heterocycles. The molecule has 1 aromatic carbocycles. The topological polar surface area (TPSA) is 137 Å². The van der Waals surface area contributed by atoms with E-state index in [0.717, 1.165) is 10.1 Å². The molecule has 1 atom stereocenters. The standard InChI is InChI=1S/C29H33N3O7S/c1-17-21-24(33)32(28(2,3)26(34)35)27(36)31(25(21)40-22(17)23-30-14-15-38-23)16-20(18-8-6-5-7-9-18)39-19-10-12-29(4,37)13-11-19/h5-9,14-15,19-20,37H,10-13,16H2,1-4H3,(H,34,35). The Morgan fingerprint density at radius 1 is 1.25 bits per heavy atom. The molecule has 0 spiro atoms. The zero-order valence-corrected chi connectivity index (χ0v) is 23.7. The first kappa shape index (κ1) is 28.0. The number of carboxylic acids is 1. The molecule has 1 saturated carbocycles. The van der Waals surface area contributed by atoms with Crippen LogP contribution in [0.4, 0.5) is 0 Å². The molecule has 5 rings (SSSR count). The second-order valence-electron chi connectivity index (χ2n) is 11.2. The first-order valence-corrected chi connectivity index (χ1v) is 14.1. The van der Waals surface area contributed by atoms with E-state index >= 15 is 0 Å². The van der Waals surface area contributed by atoms with Crippen LogP contribution in [0.15, 0.2) is 56.8 Å². The van der Waals surface area contributed by atoms with Crippen molar-refractivity contribution in [2.24, 2.45) is 0 Å². The van der Waals surface area contributed by atoms with Gasteiger partial charge in [0, 0.05) is 0 Å². The third-order valence-corrected chi connectivity index (χ3v) is 9.11. The van der Waals surface area contributed by atoms with E-state index in [2.05, 4.69) is 4.98 Å². The van der Waals surface area contributed by atoms with Crippen molar-refractivity contribution < 1.29 is 24.2 Å². The summed E-state index contributed by atoms with van der Waals surface area (Å²) in [5.41, 5.74) is -2.55. The maximum absolute atomic E-state index is 14.0. The van der Waals surface area contributed by atoms with Crippen molar-refractivity contribution in [1.29, 1.82) is 0 Å². The summed E-state index contributed by atoms with van der Waals surface area (Å²) >= 11 is 1.20. The van der Waals surface area contributed by atoms with Gasteiger partial charge in [-0.3, -0.25) is 9.36 Å². The number of aryl methyl sites for hydroxylation is 1. The number of aliphatic hydroxyl groups is 1. The monoisotopic (exact) mass is 567 g/mol. The molecule has 1 aliphatic carbocycles. The van der Waals surface area contributed by atoms with E-state index in [-0.39, 0.29) is 18.0 Å². The fourth-order valence-corrected chi connectivity index (χ4v) is 6.52. The third kappa shape index (κ3) is 5.04. The molecule has 0 amide bonds. The van der Waals surface area contributed by atoms with Crippen LogP contribution in [0.2, 0.25) is 0 Å². The summed E-state index contributed by atoms with van der Waals surface area (Å²) in [5, 5.41) is 20.6. The van der Waals surface area contributed by atoms with Crippen LogP contribution in [-0.4, -0.2) is 42.0 Å². The number of hydrogen-bond donors (Lipinski definition) is 2. The molecular weight excluding hydrogens is 534 g/mol. The van der Waals surface area contributed by atoms with Gasteiger partial charge in [-0.2, -0.15) is 0 Å². The van der Waals surface area contributed by atoms with Crippen molar-refractivity contribution in [3.8, 4) is 10.8 Å². The Kier molecular flexibility index (Phi) is 7.32. The molecule has 0 bridgehead atoms. The summed E-state index contributed by atoms with van der Waals surface area (Å²) < 4.78 is 14.4. The highest BCUT2D eigenvalue weighted by atomic mass is 32.1. The highest BCUT2D eigenvalue weighted by Gasteiger charge is 2.36. The Morgan fingerprint density at radius 3 is 2.52 bits per heavy atom. The van der Waals surface area contributed by atoms with Crippen molar-refractivity contribution in [2.45, 2.75) is 83.3 Å². The van der Waals surface area contributed by atoms with Gasteiger partial charge in [-0.15, -0.1) is 11.3 Å². The smallest absolute Gasteiger partial charge is 0.333 e. The van der Waals surface area contributed by atoms with Crippen LogP contribution in [0, 0.1) is 6.92 Å². The SMILES string of the molecule is Cc1c(-c2ncco2)sc2c1c(=O)n(C(C)(C)C(=O)O)c(=O)n2CC(OC1CCC(C)(O)CC1)c1ccccc1. The lowest BCUT2D eigenvalue weighted by molar-refractivity contribution is -0.146. The van der Waals surface area contributed by atoms with Gasteiger partial charge in [-0.25, -0.2) is 19.1 Å². The van der Waals surface area contributed by atoms with Crippen molar-refractivity contribution >= 4 is 27.5 Å². The Morgan fingerprint density at radius 2 is 1.93 bits per heavy atom. The molecule has 0 saturated heterocycles. The van der Waals surface area contributed by atoms with Gasteiger partial charge in [0.05, 0.1) is 34.7 Å². The van der Waals surface area contributed by atoms with Gasteiger partial charge in [0.25, 0.3) is 5.56 Å². The van der Waals surface area contributed by atoms with Crippen LogP contribution in [0.1, 0.15) is 63.7 Å². The zero-order chi connectivity index (χ0) is 28.8. The molecule has 2 N–H and O–H groups in total. The minimum Gasteiger partial charge on any atom is -0.480 e. The molecule has 40 heavy (non-hydrogen) atoms. The number of benzene rings is 1. The first-order chi connectivity index (χ1) is 18.9. The Hall–Kier alpha value is -3.54. The summed E-state index contributed by atoms with van der Waals surface area (Å²) in [6.07, 6.45) is 4.76. The molecule has 11 heteroatoms. The number of thiophene rings is 1. The number of ether oxygens (including phenoxy) is 1. The number of oxazole rings is 1. The van der Waals surface area contributed by atoms with Gasteiger partial charge in [0.15, 0.2) is 0 Å². The minimum atomic E-state index is -1.81. The second kappa shape index (κ2) is 10.5. The van der Waals surface area contributed by atoms with Gasteiger partial charge in [0.1, 0.15) is 22.7 Å². The molecule has 4 aromatic rings. The summed E-state index contributed by atoms with van der Waals surface area (Å²) in [4.78, 5) is 45.3. The zero-order valence-electron chi connectivity index (χ0n) is 22.9. The largest absolute Gasteiger partial charge is 0.480 e. The number of rotatable bonds is 8. The lowest BCUT2D eigenvalue weighted by Crippen LogP contribution is -2.52. The average Bonchev–Trinajstić information content (AvgIpc) is 3.55. The van der Waals surface area contributed by atoms with Gasteiger partial charge >= 0.3 is 11.7 Å². The van der Waals surface area contributed by atoms with E-state index in [1.807, 2.05) is 37.3 Å². The summed E-state index contributed by atoms with van der Waals surface area (Å²) in [6.45, 7) is 6.29. The van der Waals surface area contributed by atoms with Crippen LogP contribution in [0.25, 0.3) is 21.0 Å². The number of aromatic nitrogens is 3. The van der Waals surface area contributed by atoms with E-state index < -0.39 is 34.5 Å². The van der Waals surface area contributed by atoms with Crippen LogP contribution in [0.3, 0.4) is 0 Å². The van der Waals surface area contributed by atoms with Crippen molar-refractivity contribution in [3.05, 3.63) is 74.8 Å². The number of nitrogens with zero attached hydrogens (tertiary/aromatic N) is 3. The highest BCUT2D eigenvalue weighted by molar-refractivity contribution is 7.22. The summed E-state index contributed by atoms with van der Waals surface area (Å²) in [6, 6.07) is 9.51. The Balaban J connectivity index is 1.69. The predicted octanol–water partition coefficient (Wildman–Crippen LogP) is 4.46. The maximum atomic E-state index is 14.0. The van der Waals surface area contributed by atoms with Gasteiger partial charge in [-0.05, 0) is 64.5 Å². The summed E-state index contributed by atoms with van der Waals surface area (Å²) in [5.74, 6) is -0.991. The van der Waals surface area contributed by atoms with Crippen molar-refractivity contribution in [1.82, 2.24) is 14.1 Å². The molecule has 1 aliphatic rings. The lowest BCUT2D eigenvalue weighted by atomic mass is 9.85. The number of carbonyl (C=O) groups is 1. The van der Waals surface area contributed by atoms with E-state index in [1.54, 1.807) is 6.92 Å². The Bertz CT molecular complexity index is 1640. The number of carboxylic acid groups (broad SMARTS) is 1. The molecule has 0 aliphatic heterocycles. The molecule has 10 nitrogen and oxygen atoms in total. The van der Waals surface area contributed by atoms with Crippen molar-refractivity contribution in [2.75, 3.05) is 0 Å². The van der Waals surface area contributed by atoms with E-state index in [9.17, 15) is 24.6 Å². The predicted molar refractivity (Wildman–Crippen MR) is 151 cm³/mol. The van der Waals surface area contributed by atoms with Gasteiger partial charge in [-0.1, -0.05) is 30.3 Å². The number of hydrogen-bond acceptors (Lipinski definition) is 8. The minimum absolute atomic E-state index is 0.0488. The van der Waals surface area contributed by atoms with Crippen LogP contribution >= 0.6 is 11.3 Å². The summed E-state index contributed by atoms with van der Waals surface area (Å²) in [7, 11) is 0. The average molecular weight is 568 g/mol. The number of fused-ring (bicyclic) bond motifs is 1. The molecule has 1 fully saturated rings. The molecule has 1 unspecified atom stereocenters. The van der Waals surface area contributed by atoms with E-state index in [0.29, 0.717) is 46.8 Å². The first-order valence-electron chi connectivity index (χ1n) is 13.3. The van der Waals surface area contributed by atoms with Gasteiger partial charge in [0.2, 0.25) is 5.89 Å². The van der Waals surface area contributed by atoms with Crippen LogP contribution in [-0.2, 0) is 21.6 Å². The van der Waals surface area contributed by atoms with E-state index in [4.69, 9.17) is 9.15 Å². The van der Waals surface area contributed by atoms with Gasteiger partial charge < -0.3 is 19.4 Å². The fraction of sp³-hybridized carbons (Fsp3) is 0.448. The Labute approximate surface area is 234 Å². The normalized spacial score (nSPS) is 20.6. The lowest BCUT2D eigenvalue weighted by Gasteiger charge is -2.35. The highest BCUT2D eigenvalue weighted by Crippen LogP contribution is 2.37. The van der Waals surface area contributed by atoms with E-state index in [1.165, 1.54) is 42.2 Å². The fourth-order valence-electron chi connectivity index (χ4n) is 5.28. The maximum Gasteiger partial charge on any atom is 0.333 e. The molecular formula is C29H33N3O7S. The second-order valence-corrected chi connectivity index (χ2v) is 12.2. The molecule has 3 heterocycles. The molecule has 0 radical (unpaired) electrons. The van der Waals surface area contributed by atoms with Crippen LogP contribution in [0.5, 0.6) is 0 Å². The van der Waals surface area contributed by atoms with Crippen molar-refractivity contribution in [3.63, 3.8) is 0 Å². The molecule has 212 valence electrons. The van der Waals surface area contributed by atoms with Crippen LogP contribution < -0.4 is 11.2 Å². The third-order valence-electron chi connectivity index (χ3n) is 7.81. The quantitative estimate of drug-likeness (QED) is 0.318. The number of aliphatic carboxylic acids is 1.